The first-order chi connectivity index (χ1) is 8.09. The van der Waals surface area contributed by atoms with Gasteiger partial charge in [-0.05, 0) is 31.0 Å². The summed E-state index contributed by atoms with van der Waals surface area (Å²) in [6.45, 7) is 9.04. The minimum absolute atomic E-state index is 0.503. The Labute approximate surface area is 105 Å². The minimum Gasteiger partial charge on any atom is -0.314 e. The molecule has 1 aliphatic heterocycles. The Hall–Kier alpha value is -0.860. The molecular formula is C15H24N2. The van der Waals surface area contributed by atoms with E-state index in [1.165, 1.54) is 11.1 Å². The van der Waals surface area contributed by atoms with Crippen LogP contribution in [0.5, 0.6) is 0 Å². The lowest BCUT2D eigenvalue weighted by molar-refractivity contribution is 0.136. The van der Waals surface area contributed by atoms with E-state index in [1.54, 1.807) is 0 Å². The SMILES string of the molecule is CC(C)c1ccc(C(C)N(C)C2CNC2)cc1. The number of nitrogens with one attached hydrogen (secondary N) is 1. The third kappa shape index (κ3) is 2.70. The van der Waals surface area contributed by atoms with E-state index in [2.05, 4.69) is 62.3 Å². The average Bonchev–Trinajstić information content (AvgIpc) is 2.25. The number of hydrogen-bond acceptors (Lipinski definition) is 2. The lowest BCUT2D eigenvalue weighted by Crippen LogP contribution is -2.56. The van der Waals surface area contributed by atoms with Crippen LogP contribution in [0.3, 0.4) is 0 Å². The molecule has 17 heavy (non-hydrogen) atoms. The highest BCUT2D eigenvalue weighted by molar-refractivity contribution is 5.26. The van der Waals surface area contributed by atoms with E-state index in [9.17, 15) is 0 Å². The maximum Gasteiger partial charge on any atom is 0.0348 e. The zero-order chi connectivity index (χ0) is 12.4. The molecule has 1 fully saturated rings. The Bertz CT molecular complexity index is 352. The maximum atomic E-state index is 3.33. The van der Waals surface area contributed by atoms with Gasteiger partial charge in [-0.25, -0.2) is 0 Å². The summed E-state index contributed by atoms with van der Waals surface area (Å²) in [6.07, 6.45) is 0. The van der Waals surface area contributed by atoms with Gasteiger partial charge in [-0.2, -0.15) is 0 Å². The van der Waals surface area contributed by atoms with Gasteiger partial charge in [-0.15, -0.1) is 0 Å². The van der Waals surface area contributed by atoms with Crippen LogP contribution in [0.4, 0.5) is 0 Å². The van der Waals surface area contributed by atoms with Gasteiger partial charge in [0.2, 0.25) is 0 Å². The Morgan fingerprint density at radius 1 is 1.06 bits per heavy atom. The number of likely N-dealkylation sites (N-methyl/N-ethyl adjacent to an activating group) is 1. The summed E-state index contributed by atoms with van der Waals surface area (Å²) in [5, 5.41) is 3.33. The van der Waals surface area contributed by atoms with E-state index in [4.69, 9.17) is 0 Å². The van der Waals surface area contributed by atoms with E-state index >= 15 is 0 Å². The molecule has 0 bridgehead atoms. The van der Waals surface area contributed by atoms with Crippen LogP contribution >= 0.6 is 0 Å². The molecule has 1 unspecified atom stereocenters. The highest BCUT2D eigenvalue weighted by Crippen LogP contribution is 2.24. The van der Waals surface area contributed by atoms with E-state index < -0.39 is 0 Å². The normalized spacial score (nSPS) is 18.5. The maximum absolute atomic E-state index is 3.33. The molecule has 0 radical (unpaired) electrons. The highest BCUT2D eigenvalue weighted by Gasteiger charge is 2.25. The van der Waals surface area contributed by atoms with Crippen molar-refractivity contribution in [1.82, 2.24) is 10.2 Å². The number of hydrogen-bond donors (Lipinski definition) is 1. The Morgan fingerprint density at radius 2 is 1.59 bits per heavy atom. The molecule has 0 amide bonds. The molecule has 94 valence electrons. The lowest BCUT2D eigenvalue weighted by atomic mass is 9.98. The first kappa shape index (κ1) is 12.6. The van der Waals surface area contributed by atoms with Crippen LogP contribution in [0.25, 0.3) is 0 Å². The molecule has 1 saturated heterocycles. The van der Waals surface area contributed by atoms with E-state index in [0.29, 0.717) is 18.0 Å². The van der Waals surface area contributed by atoms with Crippen molar-refractivity contribution >= 4 is 0 Å². The van der Waals surface area contributed by atoms with Crippen molar-refractivity contribution in [3.63, 3.8) is 0 Å². The Kier molecular flexibility index (Phi) is 3.85. The minimum atomic E-state index is 0.503. The van der Waals surface area contributed by atoms with Crippen molar-refractivity contribution in [2.24, 2.45) is 0 Å². The molecule has 1 aromatic rings. The van der Waals surface area contributed by atoms with Gasteiger partial charge in [0, 0.05) is 25.2 Å². The van der Waals surface area contributed by atoms with Crippen molar-refractivity contribution in [3.05, 3.63) is 35.4 Å². The molecule has 1 heterocycles. The number of benzene rings is 1. The molecule has 0 aromatic heterocycles. The zero-order valence-electron chi connectivity index (χ0n) is 11.4. The topological polar surface area (TPSA) is 15.3 Å². The van der Waals surface area contributed by atoms with Gasteiger partial charge >= 0.3 is 0 Å². The van der Waals surface area contributed by atoms with Crippen LogP contribution in [0.1, 0.15) is 43.9 Å². The second-order valence-corrected chi connectivity index (χ2v) is 5.47. The van der Waals surface area contributed by atoms with Crippen LogP contribution in [-0.2, 0) is 0 Å². The molecule has 1 aliphatic rings. The molecule has 0 saturated carbocycles. The third-order valence-corrected chi connectivity index (χ3v) is 4.03. The van der Waals surface area contributed by atoms with Gasteiger partial charge in [0.1, 0.15) is 0 Å². The molecule has 0 spiro atoms. The summed E-state index contributed by atoms with van der Waals surface area (Å²) in [5.41, 5.74) is 2.85. The van der Waals surface area contributed by atoms with Gasteiger partial charge in [0.05, 0.1) is 0 Å². The third-order valence-electron chi connectivity index (χ3n) is 4.03. The summed E-state index contributed by atoms with van der Waals surface area (Å²) in [4.78, 5) is 2.47. The monoisotopic (exact) mass is 232 g/mol. The molecule has 1 aromatic carbocycles. The second kappa shape index (κ2) is 5.19. The largest absolute Gasteiger partial charge is 0.314 e. The first-order valence-electron chi connectivity index (χ1n) is 6.62. The highest BCUT2D eigenvalue weighted by atomic mass is 15.2. The molecule has 1 N–H and O–H groups in total. The average molecular weight is 232 g/mol. The summed E-state index contributed by atoms with van der Waals surface area (Å²) in [7, 11) is 2.23. The van der Waals surface area contributed by atoms with Gasteiger partial charge < -0.3 is 5.32 Å². The summed E-state index contributed by atoms with van der Waals surface area (Å²) >= 11 is 0. The van der Waals surface area contributed by atoms with Crippen molar-refractivity contribution in [2.75, 3.05) is 20.1 Å². The van der Waals surface area contributed by atoms with E-state index in [1.807, 2.05) is 0 Å². The van der Waals surface area contributed by atoms with E-state index in [-0.39, 0.29) is 0 Å². The van der Waals surface area contributed by atoms with Crippen molar-refractivity contribution in [3.8, 4) is 0 Å². The second-order valence-electron chi connectivity index (χ2n) is 5.47. The number of nitrogens with zero attached hydrogens (tertiary/aromatic N) is 1. The van der Waals surface area contributed by atoms with Crippen molar-refractivity contribution in [1.29, 1.82) is 0 Å². The quantitative estimate of drug-likeness (QED) is 0.858. The molecule has 2 nitrogen and oxygen atoms in total. The Balaban J connectivity index is 2.05. The van der Waals surface area contributed by atoms with Gasteiger partial charge in [0.25, 0.3) is 0 Å². The molecule has 2 heteroatoms. The van der Waals surface area contributed by atoms with Crippen LogP contribution in [0.2, 0.25) is 0 Å². The molecule has 1 atom stereocenters. The zero-order valence-corrected chi connectivity index (χ0v) is 11.4. The van der Waals surface area contributed by atoms with E-state index in [0.717, 1.165) is 13.1 Å². The first-order valence-corrected chi connectivity index (χ1v) is 6.62. The predicted molar refractivity (Wildman–Crippen MR) is 73.4 cm³/mol. The molecule has 0 aliphatic carbocycles. The smallest absolute Gasteiger partial charge is 0.0348 e. The fraction of sp³-hybridized carbons (Fsp3) is 0.600. The fourth-order valence-corrected chi connectivity index (χ4v) is 2.27. The Morgan fingerprint density at radius 3 is 2.00 bits per heavy atom. The molecular weight excluding hydrogens is 208 g/mol. The summed E-state index contributed by atoms with van der Waals surface area (Å²) < 4.78 is 0. The fourth-order valence-electron chi connectivity index (χ4n) is 2.27. The van der Waals surface area contributed by atoms with Crippen LogP contribution in [0.15, 0.2) is 24.3 Å². The van der Waals surface area contributed by atoms with Gasteiger partial charge in [-0.3, -0.25) is 4.90 Å². The van der Waals surface area contributed by atoms with Crippen LogP contribution in [-0.4, -0.2) is 31.1 Å². The van der Waals surface area contributed by atoms with Crippen LogP contribution < -0.4 is 5.32 Å². The molecule has 2 rings (SSSR count). The van der Waals surface area contributed by atoms with Gasteiger partial charge in [0.15, 0.2) is 0 Å². The summed E-state index contributed by atoms with van der Waals surface area (Å²) in [5.74, 6) is 0.618. The van der Waals surface area contributed by atoms with Crippen LogP contribution in [0, 0.1) is 0 Å². The standard InChI is InChI=1S/C15H24N2/c1-11(2)13-5-7-14(8-6-13)12(3)17(4)15-9-16-10-15/h5-8,11-12,15-16H,9-10H2,1-4H3. The lowest BCUT2D eigenvalue weighted by Gasteiger charge is -2.39. The van der Waals surface area contributed by atoms with Crippen molar-refractivity contribution < 1.29 is 0 Å². The number of rotatable bonds is 4. The summed E-state index contributed by atoms with van der Waals surface area (Å²) in [6, 6.07) is 10.3. The van der Waals surface area contributed by atoms with Gasteiger partial charge in [-0.1, -0.05) is 38.1 Å². The predicted octanol–water partition coefficient (Wildman–Crippen LogP) is 2.77. The van der Waals surface area contributed by atoms with Crippen molar-refractivity contribution in [2.45, 2.75) is 38.8 Å².